The number of methoxy groups -OCH3 is 1. The van der Waals surface area contributed by atoms with Gasteiger partial charge in [-0.05, 0) is 35.4 Å². The molecule has 0 aliphatic heterocycles. The van der Waals surface area contributed by atoms with Gasteiger partial charge >= 0.3 is 0 Å². The summed E-state index contributed by atoms with van der Waals surface area (Å²) < 4.78 is 5.36. The van der Waals surface area contributed by atoms with E-state index in [2.05, 4.69) is 27.8 Å². The van der Waals surface area contributed by atoms with Crippen LogP contribution in [0.25, 0.3) is 0 Å². The highest BCUT2D eigenvalue weighted by molar-refractivity contribution is 9.08. The summed E-state index contributed by atoms with van der Waals surface area (Å²) in [5.41, 5.74) is 3.81. The van der Waals surface area contributed by atoms with Crippen molar-refractivity contribution in [3.63, 3.8) is 0 Å². The Morgan fingerprint density at radius 1 is 1.05 bits per heavy atom. The molecule has 0 atom stereocenters. The van der Waals surface area contributed by atoms with E-state index in [-0.39, 0.29) is 6.61 Å². The number of benzene rings is 2. The van der Waals surface area contributed by atoms with E-state index in [4.69, 9.17) is 9.84 Å². The van der Waals surface area contributed by atoms with Gasteiger partial charge in [0, 0.05) is 10.9 Å². The summed E-state index contributed by atoms with van der Waals surface area (Å²) in [7, 11) is 1.65. The molecule has 0 saturated carbocycles. The molecule has 1 N–H and O–H groups in total. The normalized spacial score (nSPS) is 9.75. The van der Waals surface area contributed by atoms with Crippen LogP contribution < -0.4 is 4.74 Å². The lowest BCUT2D eigenvalue weighted by molar-refractivity contribution is 0.282. The van der Waals surface area contributed by atoms with Crippen LogP contribution in [0.5, 0.6) is 5.75 Å². The Morgan fingerprint density at radius 2 is 1.75 bits per heavy atom. The minimum absolute atomic E-state index is 0.0511. The van der Waals surface area contributed by atoms with Crippen LogP contribution in [0.15, 0.2) is 42.5 Å². The standard InChI is InChI=1S/C17H15BrO2/c1-20-17-10-15(11-18)7-9-16(17)8-6-13-2-4-14(12-19)5-3-13/h2-5,7,9-10,19H,11-12H2,1H3. The molecule has 0 unspecified atom stereocenters. The van der Waals surface area contributed by atoms with E-state index < -0.39 is 0 Å². The zero-order valence-corrected chi connectivity index (χ0v) is 12.8. The quantitative estimate of drug-likeness (QED) is 0.689. The van der Waals surface area contributed by atoms with Crippen molar-refractivity contribution in [2.45, 2.75) is 11.9 Å². The maximum absolute atomic E-state index is 9.00. The number of ether oxygens (including phenoxy) is 1. The molecule has 3 heteroatoms. The third-order valence-electron chi connectivity index (χ3n) is 2.90. The van der Waals surface area contributed by atoms with Gasteiger partial charge < -0.3 is 9.84 Å². The van der Waals surface area contributed by atoms with Gasteiger partial charge in [-0.15, -0.1) is 0 Å². The molecular formula is C17H15BrO2. The fraction of sp³-hybridized carbons (Fsp3) is 0.176. The molecule has 2 rings (SSSR count). The fourth-order valence-electron chi connectivity index (χ4n) is 1.76. The second-order valence-electron chi connectivity index (χ2n) is 4.27. The first-order valence-corrected chi connectivity index (χ1v) is 7.33. The van der Waals surface area contributed by atoms with Crippen molar-refractivity contribution in [3.8, 4) is 17.6 Å². The van der Waals surface area contributed by atoms with Gasteiger partial charge in [0.25, 0.3) is 0 Å². The first-order chi connectivity index (χ1) is 9.76. The van der Waals surface area contributed by atoms with Gasteiger partial charge in [0.2, 0.25) is 0 Å². The van der Waals surface area contributed by atoms with Gasteiger partial charge in [-0.1, -0.05) is 46.0 Å². The van der Waals surface area contributed by atoms with E-state index in [0.29, 0.717) is 0 Å². The van der Waals surface area contributed by atoms with Crippen LogP contribution in [0.4, 0.5) is 0 Å². The van der Waals surface area contributed by atoms with E-state index in [1.165, 1.54) is 0 Å². The number of hydrogen-bond donors (Lipinski definition) is 1. The van der Waals surface area contributed by atoms with Crippen molar-refractivity contribution >= 4 is 15.9 Å². The fourth-order valence-corrected chi connectivity index (χ4v) is 2.10. The number of halogens is 1. The van der Waals surface area contributed by atoms with Crippen molar-refractivity contribution < 1.29 is 9.84 Å². The van der Waals surface area contributed by atoms with Crippen molar-refractivity contribution in [3.05, 3.63) is 64.7 Å². The lowest BCUT2D eigenvalue weighted by atomic mass is 10.1. The lowest BCUT2D eigenvalue weighted by Gasteiger charge is -2.04. The van der Waals surface area contributed by atoms with Crippen molar-refractivity contribution in [1.82, 2.24) is 0 Å². The number of rotatable bonds is 3. The number of alkyl halides is 1. The van der Waals surface area contributed by atoms with Crippen molar-refractivity contribution in [2.75, 3.05) is 7.11 Å². The predicted molar refractivity (Wildman–Crippen MR) is 84.0 cm³/mol. The molecule has 0 aliphatic rings. The van der Waals surface area contributed by atoms with Gasteiger partial charge in [0.1, 0.15) is 5.75 Å². The minimum atomic E-state index is 0.0511. The Balaban J connectivity index is 2.27. The van der Waals surface area contributed by atoms with Crippen molar-refractivity contribution in [1.29, 1.82) is 0 Å². The molecule has 0 heterocycles. The summed E-state index contributed by atoms with van der Waals surface area (Å²) in [5.74, 6) is 7.00. The molecule has 0 saturated heterocycles. The van der Waals surface area contributed by atoms with E-state index in [1.54, 1.807) is 7.11 Å². The van der Waals surface area contributed by atoms with E-state index in [9.17, 15) is 0 Å². The largest absolute Gasteiger partial charge is 0.495 e. The topological polar surface area (TPSA) is 29.5 Å². The maximum atomic E-state index is 9.00. The molecule has 0 bridgehead atoms. The molecular weight excluding hydrogens is 316 g/mol. The van der Waals surface area contributed by atoms with Gasteiger partial charge in [-0.2, -0.15) is 0 Å². The highest BCUT2D eigenvalue weighted by Gasteiger charge is 2.01. The zero-order chi connectivity index (χ0) is 14.4. The van der Waals surface area contributed by atoms with Crippen LogP contribution in [-0.4, -0.2) is 12.2 Å². The number of aliphatic hydroxyl groups excluding tert-OH is 1. The molecule has 0 radical (unpaired) electrons. The summed E-state index contributed by atoms with van der Waals surface area (Å²) in [6.45, 7) is 0.0511. The van der Waals surface area contributed by atoms with Crippen LogP contribution in [0, 0.1) is 11.8 Å². The first-order valence-electron chi connectivity index (χ1n) is 6.21. The molecule has 0 aliphatic carbocycles. The molecule has 2 aromatic rings. The Bertz CT molecular complexity index is 636. The Morgan fingerprint density at radius 3 is 2.35 bits per heavy atom. The van der Waals surface area contributed by atoms with E-state index in [0.717, 1.165) is 33.3 Å². The first kappa shape index (κ1) is 14.6. The van der Waals surface area contributed by atoms with Crippen LogP contribution >= 0.6 is 15.9 Å². The minimum Gasteiger partial charge on any atom is -0.495 e. The zero-order valence-electron chi connectivity index (χ0n) is 11.2. The highest BCUT2D eigenvalue weighted by atomic mass is 79.9. The molecule has 0 fully saturated rings. The molecule has 0 aromatic heterocycles. The average Bonchev–Trinajstić information content (AvgIpc) is 2.53. The van der Waals surface area contributed by atoms with Gasteiger partial charge in [-0.3, -0.25) is 0 Å². The Labute approximate surface area is 127 Å². The summed E-state index contributed by atoms with van der Waals surface area (Å²) >= 11 is 3.42. The summed E-state index contributed by atoms with van der Waals surface area (Å²) in [5, 5.41) is 9.79. The van der Waals surface area contributed by atoms with E-state index in [1.807, 2.05) is 42.5 Å². The van der Waals surface area contributed by atoms with Gasteiger partial charge in [-0.25, -0.2) is 0 Å². The average molecular weight is 331 g/mol. The molecule has 102 valence electrons. The van der Waals surface area contributed by atoms with Crippen LogP contribution in [0.2, 0.25) is 0 Å². The summed E-state index contributed by atoms with van der Waals surface area (Å²) in [6.07, 6.45) is 0. The smallest absolute Gasteiger partial charge is 0.134 e. The molecule has 2 nitrogen and oxygen atoms in total. The summed E-state index contributed by atoms with van der Waals surface area (Å²) in [6, 6.07) is 13.5. The Hall–Kier alpha value is -1.76. The monoisotopic (exact) mass is 330 g/mol. The van der Waals surface area contributed by atoms with Crippen LogP contribution in [0.3, 0.4) is 0 Å². The SMILES string of the molecule is COc1cc(CBr)ccc1C#Cc1ccc(CO)cc1. The Kier molecular flexibility index (Phi) is 5.23. The van der Waals surface area contributed by atoms with Gasteiger partial charge in [0.05, 0.1) is 19.3 Å². The predicted octanol–water partition coefficient (Wildman–Crippen LogP) is 3.48. The van der Waals surface area contributed by atoms with Crippen LogP contribution in [0.1, 0.15) is 22.3 Å². The molecule has 0 spiro atoms. The van der Waals surface area contributed by atoms with Gasteiger partial charge in [0.15, 0.2) is 0 Å². The highest BCUT2D eigenvalue weighted by Crippen LogP contribution is 2.20. The molecule has 0 amide bonds. The second kappa shape index (κ2) is 7.14. The van der Waals surface area contributed by atoms with E-state index >= 15 is 0 Å². The number of hydrogen-bond acceptors (Lipinski definition) is 2. The third-order valence-corrected chi connectivity index (χ3v) is 3.55. The lowest BCUT2D eigenvalue weighted by Crippen LogP contribution is -1.90. The molecule has 2 aromatic carbocycles. The second-order valence-corrected chi connectivity index (χ2v) is 4.83. The number of aliphatic hydroxyl groups is 1. The molecule has 20 heavy (non-hydrogen) atoms. The van der Waals surface area contributed by atoms with Crippen molar-refractivity contribution in [2.24, 2.45) is 0 Å². The maximum Gasteiger partial charge on any atom is 0.134 e. The summed E-state index contributed by atoms with van der Waals surface area (Å²) in [4.78, 5) is 0. The van der Waals surface area contributed by atoms with Crippen LogP contribution in [-0.2, 0) is 11.9 Å². The third kappa shape index (κ3) is 3.63.